The second-order valence-corrected chi connectivity index (χ2v) is 10.7. The van der Waals surface area contributed by atoms with Crippen LogP contribution in [0, 0.1) is 0 Å². The molecule has 5 heteroatoms. The number of rotatable bonds is 15. The van der Waals surface area contributed by atoms with Crippen LogP contribution >= 0.6 is 0 Å². The smallest absolute Gasteiger partial charge is 0.0977 e. The molecule has 0 aromatic rings. The van der Waals surface area contributed by atoms with Crippen molar-refractivity contribution in [3.05, 3.63) is 0 Å². The summed E-state index contributed by atoms with van der Waals surface area (Å²) < 4.78 is 36.1. The summed E-state index contributed by atoms with van der Waals surface area (Å²) in [6.07, 6.45) is 18.5. The molecule has 4 nitrogen and oxygen atoms in total. The molecule has 1 aliphatic heterocycles. The SMILES string of the molecule is CCCCCCCCCCCCC(CC[N+]1(C)CCCCCC1)S(=O)(=O)[O-]. The largest absolute Gasteiger partial charge is 0.748 e. The Morgan fingerprint density at radius 3 is 1.74 bits per heavy atom. The molecule has 0 N–H and O–H groups in total. The normalized spacial score (nSPS) is 18.9. The highest BCUT2D eigenvalue weighted by molar-refractivity contribution is 7.86. The first-order valence-electron chi connectivity index (χ1n) is 11.7. The molecule has 0 saturated carbocycles. The fourth-order valence-electron chi connectivity index (χ4n) is 4.42. The van der Waals surface area contributed by atoms with Crippen LogP contribution in [0.1, 0.15) is 110 Å². The summed E-state index contributed by atoms with van der Waals surface area (Å²) in [6, 6.07) is 0. The van der Waals surface area contributed by atoms with Gasteiger partial charge in [-0.15, -0.1) is 0 Å². The van der Waals surface area contributed by atoms with Crippen molar-refractivity contribution in [1.29, 1.82) is 0 Å². The van der Waals surface area contributed by atoms with Crippen molar-refractivity contribution in [3.8, 4) is 0 Å². The quantitative estimate of drug-likeness (QED) is 0.202. The first-order chi connectivity index (χ1) is 12.9. The van der Waals surface area contributed by atoms with Gasteiger partial charge in [0, 0.05) is 6.42 Å². The van der Waals surface area contributed by atoms with Crippen LogP contribution in [0.15, 0.2) is 0 Å². The predicted molar refractivity (Wildman–Crippen MR) is 114 cm³/mol. The third-order valence-electron chi connectivity index (χ3n) is 6.42. The maximum absolute atomic E-state index is 11.7. The first kappa shape index (κ1) is 24.9. The van der Waals surface area contributed by atoms with Gasteiger partial charge in [-0.25, -0.2) is 8.42 Å². The number of hydrogen-bond donors (Lipinski definition) is 0. The molecule has 0 bridgehead atoms. The Morgan fingerprint density at radius 1 is 0.778 bits per heavy atom. The second kappa shape index (κ2) is 13.9. The van der Waals surface area contributed by atoms with Crippen LogP contribution in [0.2, 0.25) is 0 Å². The van der Waals surface area contributed by atoms with Gasteiger partial charge in [-0.2, -0.15) is 0 Å². The summed E-state index contributed by atoms with van der Waals surface area (Å²) >= 11 is 0. The number of quaternary nitrogens is 1. The molecule has 0 radical (unpaired) electrons. The molecule has 1 atom stereocenters. The summed E-state index contributed by atoms with van der Waals surface area (Å²) in [6.45, 7) is 5.34. The van der Waals surface area contributed by atoms with Crippen molar-refractivity contribution >= 4 is 10.1 Å². The molecule has 1 heterocycles. The van der Waals surface area contributed by atoms with Crippen LogP contribution in [0.3, 0.4) is 0 Å². The first-order valence-corrected chi connectivity index (χ1v) is 13.1. The molecular weight excluding hydrogens is 358 g/mol. The molecule has 0 aliphatic carbocycles. The molecule has 27 heavy (non-hydrogen) atoms. The number of nitrogens with zero attached hydrogens (tertiary/aromatic N) is 1. The Hall–Kier alpha value is -0.130. The molecule has 1 rings (SSSR count). The third kappa shape index (κ3) is 12.1. The van der Waals surface area contributed by atoms with E-state index in [9.17, 15) is 13.0 Å². The van der Waals surface area contributed by atoms with Crippen molar-refractivity contribution in [1.82, 2.24) is 0 Å². The molecule has 1 unspecified atom stereocenters. The van der Waals surface area contributed by atoms with Crippen molar-refractivity contribution in [3.63, 3.8) is 0 Å². The zero-order valence-corrected chi connectivity index (χ0v) is 18.9. The molecule has 162 valence electrons. The van der Waals surface area contributed by atoms with E-state index in [2.05, 4.69) is 14.0 Å². The van der Waals surface area contributed by atoms with Crippen LogP contribution in [0.5, 0.6) is 0 Å². The van der Waals surface area contributed by atoms with Gasteiger partial charge in [0.2, 0.25) is 0 Å². The van der Waals surface area contributed by atoms with E-state index in [0.29, 0.717) is 12.8 Å². The third-order valence-corrected chi connectivity index (χ3v) is 7.71. The minimum absolute atomic E-state index is 0.541. The number of hydrogen-bond acceptors (Lipinski definition) is 3. The molecule has 0 aromatic carbocycles. The van der Waals surface area contributed by atoms with E-state index in [1.165, 1.54) is 77.0 Å². The van der Waals surface area contributed by atoms with Crippen molar-refractivity contribution in [2.45, 2.75) is 115 Å². The van der Waals surface area contributed by atoms with Gasteiger partial charge in [-0.1, -0.05) is 71.1 Å². The maximum atomic E-state index is 11.7. The molecule has 1 saturated heterocycles. The lowest BCUT2D eigenvalue weighted by atomic mass is 10.0. The zero-order valence-electron chi connectivity index (χ0n) is 18.1. The van der Waals surface area contributed by atoms with Gasteiger partial charge in [0.15, 0.2) is 0 Å². The summed E-state index contributed by atoms with van der Waals surface area (Å²) in [5, 5.41) is -0.676. The predicted octanol–water partition coefficient (Wildman–Crippen LogP) is 5.62. The Balaban J connectivity index is 2.21. The number of likely N-dealkylation sites (tertiary alicyclic amines) is 1. The van der Waals surface area contributed by atoms with E-state index in [4.69, 9.17) is 0 Å². The van der Waals surface area contributed by atoms with Gasteiger partial charge in [0.25, 0.3) is 0 Å². The van der Waals surface area contributed by atoms with Gasteiger partial charge >= 0.3 is 0 Å². The Bertz CT molecular complexity index is 456. The van der Waals surface area contributed by atoms with E-state index in [1.54, 1.807) is 0 Å². The van der Waals surface area contributed by atoms with Gasteiger partial charge in [-0.05, 0) is 32.1 Å². The molecular formula is C22H45NO3S. The van der Waals surface area contributed by atoms with Crippen LogP contribution in [-0.4, -0.2) is 49.4 Å². The van der Waals surface area contributed by atoms with E-state index in [1.807, 2.05) is 0 Å². The van der Waals surface area contributed by atoms with Gasteiger partial charge in [-0.3, -0.25) is 0 Å². The van der Waals surface area contributed by atoms with E-state index >= 15 is 0 Å². The summed E-state index contributed by atoms with van der Waals surface area (Å²) in [5.74, 6) is 0. The molecule has 1 fully saturated rings. The van der Waals surface area contributed by atoms with Crippen LogP contribution in [0.4, 0.5) is 0 Å². The van der Waals surface area contributed by atoms with Crippen molar-refractivity contribution < 1.29 is 17.5 Å². The average Bonchev–Trinajstić information content (AvgIpc) is 2.83. The Morgan fingerprint density at radius 2 is 1.26 bits per heavy atom. The van der Waals surface area contributed by atoms with E-state index in [0.717, 1.165) is 37.0 Å². The average molecular weight is 404 g/mol. The lowest BCUT2D eigenvalue weighted by molar-refractivity contribution is -0.909. The fraction of sp³-hybridized carbons (Fsp3) is 1.00. The summed E-state index contributed by atoms with van der Waals surface area (Å²) in [7, 11) is -1.94. The monoisotopic (exact) mass is 403 g/mol. The summed E-state index contributed by atoms with van der Waals surface area (Å²) in [5.41, 5.74) is 0. The van der Waals surface area contributed by atoms with E-state index in [-0.39, 0.29) is 0 Å². The Labute approximate surface area is 169 Å². The summed E-state index contributed by atoms with van der Waals surface area (Å²) in [4.78, 5) is 0. The number of unbranched alkanes of at least 4 members (excludes halogenated alkanes) is 9. The lowest BCUT2D eigenvalue weighted by Gasteiger charge is -2.35. The minimum Gasteiger partial charge on any atom is -0.748 e. The second-order valence-electron chi connectivity index (χ2n) is 9.08. The highest BCUT2D eigenvalue weighted by Crippen LogP contribution is 2.21. The molecule has 0 spiro atoms. The zero-order chi connectivity index (χ0) is 20.0. The topological polar surface area (TPSA) is 57.2 Å². The molecule has 0 aromatic heterocycles. The van der Waals surface area contributed by atoms with Gasteiger partial charge < -0.3 is 9.04 Å². The highest BCUT2D eigenvalue weighted by atomic mass is 32.2. The Kier molecular flexibility index (Phi) is 12.9. The highest BCUT2D eigenvalue weighted by Gasteiger charge is 2.26. The molecule has 1 aliphatic rings. The van der Waals surface area contributed by atoms with Crippen LogP contribution in [0.25, 0.3) is 0 Å². The van der Waals surface area contributed by atoms with Gasteiger partial charge in [0.05, 0.1) is 42.1 Å². The standard InChI is InChI=1S/C22H45NO3S/c1-3-4-5-6-7-8-9-10-11-14-17-22(27(24,25)26)18-21-23(2)19-15-12-13-16-20-23/h22H,3-21H2,1-2H3. The molecule has 0 amide bonds. The maximum Gasteiger partial charge on any atom is 0.0977 e. The van der Waals surface area contributed by atoms with Gasteiger partial charge in [0.1, 0.15) is 0 Å². The van der Waals surface area contributed by atoms with Crippen molar-refractivity contribution in [2.24, 2.45) is 0 Å². The fourth-order valence-corrected chi connectivity index (χ4v) is 5.27. The minimum atomic E-state index is -4.17. The van der Waals surface area contributed by atoms with E-state index < -0.39 is 15.4 Å². The lowest BCUT2D eigenvalue weighted by Crippen LogP contribution is -2.46. The van der Waals surface area contributed by atoms with Crippen molar-refractivity contribution in [2.75, 3.05) is 26.7 Å². The van der Waals surface area contributed by atoms with Crippen LogP contribution < -0.4 is 0 Å². The van der Waals surface area contributed by atoms with Crippen LogP contribution in [-0.2, 0) is 10.1 Å².